The number of unbranched alkanes of at least 4 members (excludes halogenated alkanes) is 5. The molecule has 0 aliphatic carbocycles. The van der Waals surface area contributed by atoms with Crippen LogP contribution in [0.1, 0.15) is 93.1 Å². The Hall–Kier alpha value is -3.40. The Labute approximate surface area is 201 Å². The number of aromatic nitrogens is 4. The summed E-state index contributed by atoms with van der Waals surface area (Å²) in [6.07, 6.45) is 17.5. The summed E-state index contributed by atoms with van der Waals surface area (Å²) in [6.45, 7) is 4.63. The summed E-state index contributed by atoms with van der Waals surface area (Å²) in [4.78, 5) is 16.7. The molecule has 2 aliphatic heterocycles. The van der Waals surface area contributed by atoms with Crippen molar-refractivity contribution >= 4 is 46.4 Å². The Morgan fingerprint density at radius 3 is 1.85 bits per heavy atom. The smallest absolute Gasteiger partial charge is 0.0658 e. The van der Waals surface area contributed by atoms with E-state index in [1.165, 1.54) is 50.5 Å². The lowest BCUT2D eigenvalue weighted by Gasteiger charge is -2.10. The number of aromatic amines is 2. The molecule has 174 valence electrons. The summed E-state index contributed by atoms with van der Waals surface area (Å²) in [5, 5.41) is 0. The number of nitrogens with one attached hydrogen (secondary N) is 2. The van der Waals surface area contributed by atoms with Crippen LogP contribution >= 0.6 is 0 Å². The molecule has 2 aliphatic rings. The minimum Gasteiger partial charge on any atom is -0.355 e. The highest BCUT2D eigenvalue weighted by Crippen LogP contribution is 2.28. The zero-order chi connectivity index (χ0) is 23.3. The third-order valence-corrected chi connectivity index (χ3v) is 6.72. The minimum atomic E-state index is 0.493. The van der Waals surface area contributed by atoms with Crippen LogP contribution < -0.4 is 0 Å². The van der Waals surface area contributed by atoms with Crippen LogP contribution in [0.3, 0.4) is 0 Å². The van der Waals surface area contributed by atoms with Gasteiger partial charge in [0.15, 0.2) is 0 Å². The maximum atomic E-state index is 4.84. The fraction of sp³-hybridized carbons (Fsp3) is 0.333. The quantitative estimate of drug-likeness (QED) is 0.233. The van der Waals surface area contributed by atoms with Crippen LogP contribution in [-0.2, 0) is 0 Å². The number of H-pyrrole nitrogens is 2. The van der Waals surface area contributed by atoms with Gasteiger partial charge in [-0.15, -0.1) is 0 Å². The van der Waals surface area contributed by atoms with Gasteiger partial charge in [0.25, 0.3) is 0 Å². The predicted octanol–water partition coefficient (Wildman–Crippen LogP) is 8.51. The average molecular weight is 451 g/mol. The van der Waals surface area contributed by atoms with Crippen molar-refractivity contribution in [2.45, 2.75) is 64.7 Å². The van der Waals surface area contributed by atoms with Gasteiger partial charge in [-0.05, 0) is 84.7 Å². The van der Waals surface area contributed by atoms with Gasteiger partial charge in [0.2, 0.25) is 0 Å². The molecular weight excluding hydrogens is 416 g/mol. The Kier molecular flexibility index (Phi) is 6.75. The van der Waals surface area contributed by atoms with Crippen LogP contribution in [0.4, 0.5) is 0 Å². The second-order valence-corrected chi connectivity index (χ2v) is 9.59. The molecule has 5 rings (SSSR count). The van der Waals surface area contributed by atoms with E-state index in [0.717, 1.165) is 44.8 Å². The summed E-state index contributed by atoms with van der Waals surface area (Å²) in [5.74, 6) is 0.493. The van der Waals surface area contributed by atoms with Crippen molar-refractivity contribution in [3.63, 3.8) is 0 Å². The average Bonchev–Trinajstić information content (AvgIpc) is 3.61. The van der Waals surface area contributed by atoms with Crippen molar-refractivity contribution in [3.05, 3.63) is 70.8 Å². The summed E-state index contributed by atoms with van der Waals surface area (Å²) in [5.41, 5.74) is 9.54. The van der Waals surface area contributed by atoms with Gasteiger partial charge in [-0.1, -0.05) is 52.4 Å². The molecule has 0 fully saturated rings. The number of hydrogen-bond donors (Lipinski definition) is 2. The Morgan fingerprint density at radius 2 is 1.21 bits per heavy atom. The van der Waals surface area contributed by atoms with Gasteiger partial charge in [0, 0.05) is 22.1 Å². The standard InChI is InChI=1S/C30H34N4/c1-3-4-5-6-7-8-9-21(2)29-19-28-18-26-13-12-24(32-26)16-22-10-11-23(31-22)17-25-14-15-27(33-25)20-30(29)34-28/h10-21,31,34H,3-9H2,1-2H3. The minimum absolute atomic E-state index is 0.493. The van der Waals surface area contributed by atoms with E-state index in [9.17, 15) is 0 Å². The summed E-state index contributed by atoms with van der Waals surface area (Å²) < 4.78 is 0. The zero-order valence-electron chi connectivity index (χ0n) is 20.3. The molecule has 2 N–H and O–H groups in total. The fourth-order valence-corrected chi connectivity index (χ4v) is 4.83. The van der Waals surface area contributed by atoms with Crippen molar-refractivity contribution in [3.8, 4) is 0 Å². The first-order valence-electron chi connectivity index (χ1n) is 12.7. The molecule has 3 aromatic heterocycles. The van der Waals surface area contributed by atoms with Gasteiger partial charge in [0.05, 0.1) is 22.8 Å². The van der Waals surface area contributed by atoms with E-state index < -0.39 is 0 Å². The topological polar surface area (TPSA) is 57.4 Å². The molecule has 0 aromatic carbocycles. The zero-order valence-corrected chi connectivity index (χ0v) is 20.3. The normalized spacial score (nSPS) is 13.5. The first-order valence-corrected chi connectivity index (χ1v) is 12.7. The van der Waals surface area contributed by atoms with Gasteiger partial charge in [-0.3, -0.25) is 0 Å². The monoisotopic (exact) mass is 450 g/mol. The molecule has 3 aromatic rings. The van der Waals surface area contributed by atoms with Crippen molar-refractivity contribution in [1.82, 2.24) is 19.9 Å². The van der Waals surface area contributed by atoms with Gasteiger partial charge >= 0.3 is 0 Å². The molecule has 34 heavy (non-hydrogen) atoms. The van der Waals surface area contributed by atoms with E-state index in [-0.39, 0.29) is 0 Å². The SMILES string of the molecule is CCCCCCCCC(C)c1cc2cc3nc(cc4ccc(cc5nc(cc1[nH]2)C=C5)[nH]4)C=C3. The molecule has 0 spiro atoms. The number of rotatable bonds is 8. The lowest BCUT2D eigenvalue weighted by molar-refractivity contribution is 0.558. The van der Waals surface area contributed by atoms with Gasteiger partial charge < -0.3 is 9.97 Å². The highest BCUT2D eigenvalue weighted by molar-refractivity contribution is 5.78. The number of nitrogens with zero attached hydrogens (tertiary/aromatic N) is 2. The molecule has 4 nitrogen and oxygen atoms in total. The molecule has 0 saturated carbocycles. The Morgan fingerprint density at radius 1 is 0.647 bits per heavy atom. The first-order chi connectivity index (χ1) is 16.7. The molecule has 8 bridgehead atoms. The first kappa shape index (κ1) is 22.4. The lowest BCUT2D eigenvalue weighted by atomic mass is 9.95. The van der Waals surface area contributed by atoms with E-state index >= 15 is 0 Å². The van der Waals surface area contributed by atoms with Gasteiger partial charge in [-0.2, -0.15) is 0 Å². The highest BCUT2D eigenvalue weighted by Gasteiger charge is 2.11. The van der Waals surface area contributed by atoms with Crippen LogP contribution in [0.2, 0.25) is 0 Å². The van der Waals surface area contributed by atoms with Gasteiger partial charge in [0.1, 0.15) is 0 Å². The van der Waals surface area contributed by atoms with E-state index in [0.29, 0.717) is 5.92 Å². The number of fused-ring (bicyclic) bond motifs is 8. The van der Waals surface area contributed by atoms with Crippen molar-refractivity contribution in [2.75, 3.05) is 0 Å². The Bertz CT molecular complexity index is 1370. The number of hydrogen-bond acceptors (Lipinski definition) is 2. The molecule has 0 radical (unpaired) electrons. The molecule has 5 heterocycles. The summed E-state index contributed by atoms with van der Waals surface area (Å²) in [6, 6.07) is 14.9. The molecule has 1 atom stereocenters. The third-order valence-electron chi connectivity index (χ3n) is 6.72. The predicted molar refractivity (Wildman–Crippen MR) is 145 cm³/mol. The van der Waals surface area contributed by atoms with Crippen LogP contribution in [0, 0.1) is 0 Å². The highest BCUT2D eigenvalue weighted by atomic mass is 14.8. The maximum Gasteiger partial charge on any atom is 0.0658 e. The molecule has 4 heteroatoms. The Balaban J connectivity index is 1.54. The van der Waals surface area contributed by atoms with E-state index in [2.05, 4.69) is 90.6 Å². The van der Waals surface area contributed by atoms with E-state index in [1.54, 1.807) is 0 Å². The van der Waals surface area contributed by atoms with Crippen molar-refractivity contribution < 1.29 is 0 Å². The van der Waals surface area contributed by atoms with Crippen molar-refractivity contribution in [2.24, 2.45) is 0 Å². The second kappa shape index (κ2) is 10.3. The summed E-state index contributed by atoms with van der Waals surface area (Å²) >= 11 is 0. The molecule has 1 unspecified atom stereocenters. The maximum absolute atomic E-state index is 4.84. The second-order valence-electron chi connectivity index (χ2n) is 9.59. The van der Waals surface area contributed by atoms with Crippen LogP contribution in [0.15, 0.2) is 42.5 Å². The van der Waals surface area contributed by atoms with E-state index in [4.69, 9.17) is 9.97 Å². The summed E-state index contributed by atoms with van der Waals surface area (Å²) in [7, 11) is 0. The van der Waals surface area contributed by atoms with Crippen LogP contribution in [-0.4, -0.2) is 19.9 Å². The third kappa shape index (κ3) is 5.39. The van der Waals surface area contributed by atoms with Gasteiger partial charge in [-0.25, -0.2) is 9.97 Å². The van der Waals surface area contributed by atoms with Crippen LogP contribution in [0.25, 0.3) is 46.4 Å². The lowest BCUT2D eigenvalue weighted by Crippen LogP contribution is -1.93. The molecular formula is C30H34N4. The molecule has 0 amide bonds. The van der Waals surface area contributed by atoms with E-state index in [1.807, 2.05) is 0 Å². The van der Waals surface area contributed by atoms with Crippen LogP contribution in [0.5, 0.6) is 0 Å². The fourth-order valence-electron chi connectivity index (χ4n) is 4.83. The van der Waals surface area contributed by atoms with Crippen molar-refractivity contribution in [1.29, 1.82) is 0 Å². The molecule has 0 saturated heterocycles. The largest absolute Gasteiger partial charge is 0.355 e.